The molecular formula is C13H15BrO3. The number of ketones is 1. The normalized spacial score (nSPS) is 23.1. The topological polar surface area (TPSA) is 35.5 Å². The van der Waals surface area contributed by atoms with Gasteiger partial charge >= 0.3 is 0 Å². The van der Waals surface area contributed by atoms with Gasteiger partial charge in [0.05, 0.1) is 18.6 Å². The van der Waals surface area contributed by atoms with Gasteiger partial charge in [0.15, 0.2) is 5.78 Å². The third-order valence-corrected chi connectivity index (χ3v) is 3.24. The first kappa shape index (κ1) is 12.6. The van der Waals surface area contributed by atoms with Crippen molar-refractivity contribution in [2.45, 2.75) is 25.9 Å². The van der Waals surface area contributed by atoms with Crippen molar-refractivity contribution >= 4 is 21.7 Å². The van der Waals surface area contributed by atoms with Crippen molar-refractivity contribution in [1.29, 1.82) is 0 Å². The predicted molar refractivity (Wildman–Crippen MR) is 68.6 cm³/mol. The minimum atomic E-state index is -0.548. The summed E-state index contributed by atoms with van der Waals surface area (Å²) in [5.41, 5.74) is 0.0989. The maximum Gasteiger partial charge on any atom is 0.170 e. The van der Waals surface area contributed by atoms with Crippen LogP contribution >= 0.6 is 15.9 Å². The minimum absolute atomic E-state index is 0.106. The van der Waals surface area contributed by atoms with Crippen molar-refractivity contribution in [3.05, 3.63) is 28.2 Å². The number of carbonyl (C=O) groups is 1. The van der Waals surface area contributed by atoms with Crippen molar-refractivity contribution in [1.82, 2.24) is 0 Å². The lowest BCUT2D eigenvalue weighted by Crippen LogP contribution is -2.43. The molecule has 0 fully saturated rings. The number of halogens is 1. The van der Waals surface area contributed by atoms with E-state index in [-0.39, 0.29) is 5.78 Å². The third-order valence-electron chi connectivity index (χ3n) is 2.74. The second kappa shape index (κ2) is 4.78. The van der Waals surface area contributed by atoms with Gasteiger partial charge in [0, 0.05) is 11.1 Å². The number of rotatable bonds is 3. The molecule has 0 saturated heterocycles. The van der Waals surface area contributed by atoms with E-state index in [0.717, 1.165) is 4.47 Å². The smallest absolute Gasteiger partial charge is 0.170 e. The van der Waals surface area contributed by atoms with Crippen LogP contribution in [0.4, 0.5) is 0 Å². The van der Waals surface area contributed by atoms with Gasteiger partial charge in [-0.15, -0.1) is 0 Å². The molecule has 2 rings (SSSR count). The van der Waals surface area contributed by atoms with Gasteiger partial charge in [-0.05, 0) is 32.0 Å². The number of benzene rings is 1. The van der Waals surface area contributed by atoms with Crippen molar-refractivity contribution in [3.8, 4) is 5.75 Å². The highest BCUT2D eigenvalue weighted by Crippen LogP contribution is 2.34. The van der Waals surface area contributed by atoms with Crippen LogP contribution in [0.15, 0.2) is 22.7 Å². The lowest BCUT2D eigenvalue weighted by Gasteiger charge is -2.34. The maximum atomic E-state index is 12.1. The Morgan fingerprint density at radius 2 is 2.29 bits per heavy atom. The van der Waals surface area contributed by atoms with Gasteiger partial charge in [0.2, 0.25) is 0 Å². The Hall–Kier alpha value is -0.870. The fourth-order valence-corrected chi connectivity index (χ4v) is 2.31. The summed E-state index contributed by atoms with van der Waals surface area (Å²) in [4.78, 5) is 12.1. The molecule has 0 aliphatic carbocycles. The summed E-state index contributed by atoms with van der Waals surface area (Å²) in [5.74, 6) is 0.751. The standard InChI is InChI=1S/C13H15BrO3/c1-3-16-8-13(2)7-11(15)10-6-9(14)4-5-12(10)17-13/h4-6H,3,7-8H2,1-2H3. The number of Topliss-reactive ketones (excluding diaryl/α,β-unsaturated/α-hetero) is 1. The summed E-state index contributed by atoms with van der Waals surface area (Å²) in [7, 11) is 0. The summed E-state index contributed by atoms with van der Waals surface area (Å²) >= 11 is 3.36. The molecule has 1 heterocycles. The van der Waals surface area contributed by atoms with E-state index in [2.05, 4.69) is 15.9 Å². The largest absolute Gasteiger partial charge is 0.484 e. The first-order chi connectivity index (χ1) is 8.04. The Bertz CT molecular complexity index is 444. The van der Waals surface area contributed by atoms with Gasteiger partial charge in [-0.25, -0.2) is 0 Å². The number of carbonyl (C=O) groups excluding carboxylic acids is 1. The molecule has 1 aliphatic heterocycles. The maximum absolute atomic E-state index is 12.1. The molecule has 0 spiro atoms. The van der Waals surface area contributed by atoms with Gasteiger partial charge in [-0.2, -0.15) is 0 Å². The Morgan fingerprint density at radius 3 is 3.00 bits per heavy atom. The zero-order valence-electron chi connectivity index (χ0n) is 9.96. The molecule has 0 N–H and O–H groups in total. The van der Waals surface area contributed by atoms with E-state index in [1.807, 2.05) is 26.0 Å². The molecular weight excluding hydrogens is 284 g/mol. The first-order valence-electron chi connectivity index (χ1n) is 5.63. The Labute approximate surface area is 109 Å². The average Bonchev–Trinajstić information content (AvgIpc) is 2.28. The van der Waals surface area contributed by atoms with E-state index in [9.17, 15) is 4.79 Å². The SMILES string of the molecule is CCOCC1(C)CC(=O)c2cc(Br)ccc2O1. The summed E-state index contributed by atoms with van der Waals surface area (Å²) in [6.07, 6.45) is 0.358. The third kappa shape index (κ3) is 2.69. The predicted octanol–water partition coefficient (Wildman–Crippen LogP) is 3.21. The van der Waals surface area contributed by atoms with Crippen LogP contribution in [-0.4, -0.2) is 24.6 Å². The molecule has 0 amide bonds. The number of fused-ring (bicyclic) bond motifs is 1. The second-order valence-corrected chi connectivity index (χ2v) is 5.35. The summed E-state index contributed by atoms with van der Waals surface area (Å²) in [6.45, 7) is 4.90. The van der Waals surface area contributed by atoms with Gasteiger partial charge in [-0.1, -0.05) is 15.9 Å². The molecule has 92 valence electrons. The van der Waals surface area contributed by atoms with Crippen LogP contribution in [0.1, 0.15) is 30.6 Å². The summed E-state index contributed by atoms with van der Waals surface area (Å²) < 4.78 is 12.1. The van der Waals surface area contributed by atoms with E-state index < -0.39 is 5.60 Å². The number of hydrogen-bond donors (Lipinski definition) is 0. The average molecular weight is 299 g/mol. The molecule has 3 nitrogen and oxygen atoms in total. The fourth-order valence-electron chi connectivity index (χ4n) is 1.94. The number of ether oxygens (including phenoxy) is 2. The highest BCUT2D eigenvalue weighted by molar-refractivity contribution is 9.10. The summed E-state index contributed by atoms with van der Waals surface area (Å²) in [5, 5.41) is 0. The number of hydrogen-bond acceptors (Lipinski definition) is 3. The molecule has 4 heteroatoms. The quantitative estimate of drug-likeness (QED) is 0.859. The molecule has 1 atom stereocenters. The zero-order valence-corrected chi connectivity index (χ0v) is 11.5. The van der Waals surface area contributed by atoms with Crippen molar-refractivity contribution in [3.63, 3.8) is 0 Å². The molecule has 1 unspecified atom stereocenters. The molecule has 17 heavy (non-hydrogen) atoms. The van der Waals surface area contributed by atoms with Crippen molar-refractivity contribution in [2.75, 3.05) is 13.2 Å². The van der Waals surface area contributed by atoms with Gasteiger partial charge in [0.1, 0.15) is 11.4 Å². The molecule has 1 aliphatic rings. The van der Waals surface area contributed by atoms with Gasteiger partial charge in [0.25, 0.3) is 0 Å². The van der Waals surface area contributed by atoms with Crippen molar-refractivity contribution in [2.24, 2.45) is 0 Å². The van der Waals surface area contributed by atoms with E-state index >= 15 is 0 Å². The molecule has 0 aromatic heterocycles. The minimum Gasteiger partial charge on any atom is -0.484 e. The lowest BCUT2D eigenvalue weighted by atomic mass is 9.92. The molecule has 0 radical (unpaired) electrons. The molecule has 1 aromatic carbocycles. The fraction of sp³-hybridized carbons (Fsp3) is 0.462. The van der Waals surface area contributed by atoms with E-state index in [4.69, 9.17) is 9.47 Å². The monoisotopic (exact) mass is 298 g/mol. The van der Waals surface area contributed by atoms with E-state index in [0.29, 0.717) is 30.9 Å². The van der Waals surface area contributed by atoms with Crippen LogP contribution in [0.5, 0.6) is 5.75 Å². The van der Waals surface area contributed by atoms with E-state index in [1.54, 1.807) is 6.07 Å². The van der Waals surface area contributed by atoms with Crippen LogP contribution in [0.3, 0.4) is 0 Å². The van der Waals surface area contributed by atoms with E-state index in [1.165, 1.54) is 0 Å². The highest BCUT2D eigenvalue weighted by atomic mass is 79.9. The Morgan fingerprint density at radius 1 is 1.53 bits per heavy atom. The zero-order chi connectivity index (χ0) is 12.5. The Kier molecular flexibility index (Phi) is 3.54. The van der Waals surface area contributed by atoms with Crippen LogP contribution in [0.2, 0.25) is 0 Å². The van der Waals surface area contributed by atoms with Crippen LogP contribution in [0.25, 0.3) is 0 Å². The van der Waals surface area contributed by atoms with Gasteiger partial charge in [-0.3, -0.25) is 4.79 Å². The van der Waals surface area contributed by atoms with Crippen LogP contribution < -0.4 is 4.74 Å². The molecule has 0 saturated carbocycles. The van der Waals surface area contributed by atoms with Crippen LogP contribution in [-0.2, 0) is 4.74 Å². The Balaban J connectivity index is 2.27. The van der Waals surface area contributed by atoms with Crippen molar-refractivity contribution < 1.29 is 14.3 Å². The van der Waals surface area contributed by atoms with Crippen LogP contribution in [0, 0.1) is 0 Å². The highest BCUT2D eigenvalue weighted by Gasteiger charge is 2.36. The summed E-state index contributed by atoms with van der Waals surface area (Å²) in [6, 6.07) is 5.50. The second-order valence-electron chi connectivity index (χ2n) is 4.43. The van der Waals surface area contributed by atoms with Gasteiger partial charge < -0.3 is 9.47 Å². The lowest BCUT2D eigenvalue weighted by molar-refractivity contribution is -0.0189. The molecule has 0 bridgehead atoms. The first-order valence-corrected chi connectivity index (χ1v) is 6.43. The molecule has 1 aromatic rings.